The third kappa shape index (κ3) is 6.39. The minimum absolute atomic E-state index is 0.0127. The standard InChI is InChI=1S/C22H23IN2O4/c1-4-10-29-21-19(23)12-15(13-20(21)28-5-2)11-16(14-24)22(26)25-17-6-8-18(27-3)9-7-17/h6-9,11-13H,4-5,10H2,1-3H3,(H,25,26)/b16-11-. The molecule has 0 atom stereocenters. The Kier molecular flexibility index (Phi) is 8.80. The molecule has 0 aliphatic carbocycles. The number of nitriles is 1. The van der Waals surface area contributed by atoms with Crippen LogP contribution in [0.2, 0.25) is 0 Å². The molecule has 0 saturated carbocycles. The first-order chi connectivity index (χ1) is 14.0. The van der Waals surface area contributed by atoms with Crippen molar-refractivity contribution in [1.82, 2.24) is 0 Å². The van der Waals surface area contributed by atoms with Crippen LogP contribution in [0.5, 0.6) is 17.2 Å². The molecular weight excluding hydrogens is 483 g/mol. The van der Waals surface area contributed by atoms with E-state index in [2.05, 4.69) is 27.9 Å². The molecule has 0 bridgehead atoms. The fourth-order valence-corrected chi connectivity index (χ4v) is 3.25. The Morgan fingerprint density at radius 1 is 1.21 bits per heavy atom. The molecule has 2 rings (SSSR count). The number of carbonyl (C=O) groups is 1. The highest BCUT2D eigenvalue weighted by Gasteiger charge is 2.14. The van der Waals surface area contributed by atoms with E-state index in [-0.39, 0.29) is 5.57 Å². The average molecular weight is 506 g/mol. The SMILES string of the molecule is CCCOc1c(I)cc(/C=C(/C#N)C(=O)Nc2ccc(OC)cc2)cc1OCC. The first-order valence-electron chi connectivity index (χ1n) is 9.18. The first-order valence-corrected chi connectivity index (χ1v) is 10.3. The van der Waals surface area contributed by atoms with Crippen LogP contribution < -0.4 is 19.5 Å². The van der Waals surface area contributed by atoms with Gasteiger partial charge in [-0.05, 0) is 84.0 Å². The van der Waals surface area contributed by atoms with Gasteiger partial charge in [0.15, 0.2) is 11.5 Å². The number of methoxy groups -OCH3 is 1. The lowest BCUT2D eigenvalue weighted by molar-refractivity contribution is -0.112. The maximum atomic E-state index is 12.5. The molecule has 0 unspecified atom stereocenters. The van der Waals surface area contributed by atoms with Crippen molar-refractivity contribution in [2.24, 2.45) is 0 Å². The largest absolute Gasteiger partial charge is 0.497 e. The molecule has 0 aromatic heterocycles. The van der Waals surface area contributed by atoms with Gasteiger partial charge in [0.25, 0.3) is 5.91 Å². The molecule has 0 fully saturated rings. The van der Waals surface area contributed by atoms with E-state index in [1.165, 1.54) is 6.08 Å². The summed E-state index contributed by atoms with van der Waals surface area (Å²) in [4.78, 5) is 12.5. The predicted octanol–water partition coefficient (Wildman–Crippen LogP) is 5.03. The fraction of sp³-hybridized carbons (Fsp3) is 0.273. The molecule has 1 amide bonds. The molecule has 1 N–H and O–H groups in total. The summed E-state index contributed by atoms with van der Waals surface area (Å²) >= 11 is 2.16. The van der Waals surface area contributed by atoms with Crippen molar-refractivity contribution in [1.29, 1.82) is 5.26 Å². The van der Waals surface area contributed by atoms with Crippen LogP contribution in [0.25, 0.3) is 6.08 Å². The van der Waals surface area contributed by atoms with Crippen LogP contribution in [-0.4, -0.2) is 26.2 Å². The molecular formula is C22H23IN2O4. The van der Waals surface area contributed by atoms with E-state index in [9.17, 15) is 10.1 Å². The molecule has 7 heteroatoms. The highest BCUT2D eigenvalue weighted by molar-refractivity contribution is 14.1. The summed E-state index contributed by atoms with van der Waals surface area (Å²) in [7, 11) is 1.57. The minimum atomic E-state index is -0.489. The van der Waals surface area contributed by atoms with Crippen molar-refractivity contribution >= 4 is 40.3 Å². The molecule has 0 heterocycles. The summed E-state index contributed by atoms with van der Waals surface area (Å²) in [5.41, 5.74) is 1.24. The van der Waals surface area contributed by atoms with Crippen molar-refractivity contribution in [3.8, 4) is 23.3 Å². The second-order valence-electron chi connectivity index (χ2n) is 5.96. The van der Waals surface area contributed by atoms with Crippen LogP contribution in [0.15, 0.2) is 42.0 Å². The van der Waals surface area contributed by atoms with Gasteiger partial charge in [-0.25, -0.2) is 0 Å². The summed E-state index contributed by atoms with van der Waals surface area (Å²) in [6, 6.07) is 12.5. The number of hydrogen-bond acceptors (Lipinski definition) is 5. The lowest BCUT2D eigenvalue weighted by atomic mass is 10.1. The second kappa shape index (κ2) is 11.3. The number of amides is 1. The van der Waals surface area contributed by atoms with Gasteiger partial charge in [0.05, 0.1) is 23.9 Å². The van der Waals surface area contributed by atoms with Gasteiger partial charge in [-0.2, -0.15) is 5.26 Å². The number of nitrogens with zero attached hydrogens (tertiary/aromatic N) is 1. The van der Waals surface area contributed by atoms with Gasteiger partial charge in [0.2, 0.25) is 0 Å². The van der Waals surface area contributed by atoms with Crippen LogP contribution in [0.4, 0.5) is 5.69 Å². The maximum absolute atomic E-state index is 12.5. The highest BCUT2D eigenvalue weighted by atomic mass is 127. The summed E-state index contributed by atoms with van der Waals surface area (Å²) in [6.07, 6.45) is 2.42. The van der Waals surface area contributed by atoms with Gasteiger partial charge >= 0.3 is 0 Å². The van der Waals surface area contributed by atoms with Gasteiger partial charge in [0, 0.05) is 5.69 Å². The zero-order valence-corrected chi connectivity index (χ0v) is 18.8. The molecule has 0 spiro atoms. The van der Waals surface area contributed by atoms with E-state index >= 15 is 0 Å². The minimum Gasteiger partial charge on any atom is -0.497 e. The molecule has 29 heavy (non-hydrogen) atoms. The predicted molar refractivity (Wildman–Crippen MR) is 121 cm³/mol. The van der Waals surface area contributed by atoms with Crippen LogP contribution in [-0.2, 0) is 4.79 Å². The smallest absolute Gasteiger partial charge is 0.266 e. The molecule has 0 saturated heterocycles. The third-order valence-corrected chi connectivity index (χ3v) is 4.61. The zero-order chi connectivity index (χ0) is 21.2. The van der Waals surface area contributed by atoms with Gasteiger partial charge in [-0.3, -0.25) is 4.79 Å². The van der Waals surface area contributed by atoms with E-state index in [4.69, 9.17) is 14.2 Å². The lowest BCUT2D eigenvalue weighted by Crippen LogP contribution is -2.13. The van der Waals surface area contributed by atoms with E-state index < -0.39 is 5.91 Å². The molecule has 2 aromatic rings. The molecule has 6 nitrogen and oxygen atoms in total. The normalized spacial score (nSPS) is 10.8. The summed E-state index contributed by atoms with van der Waals surface area (Å²) in [6.45, 7) is 4.99. The summed E-state index contributed by atoms with van der Waals surface area (Å²) in [5.74, 6) is 1.46. The Morgan fingerprint density at radius 2 is 1.93 bits per heavy atom. The quantitative estimate of drug-likeness (QED) is 0.293. The van der Waals surface area contributed by atoms with E-state index in [0.29, 0.717) is 41.7 Å². The highest BCUT2D eigenvalue weighted by Crippen LogP contribution is 2.35. The molecule has 0 radical (unpaired) electrons. The first kappa shape index (κ1) is 22.6. The number of ether oxygens (including phenoxy) is 3. The van der Waals surface area contributed by atoms with Crippen molar-refractivity contribution < 1.29 is 19.0 Å². The topological polar surface area (TPSA) is 80.6 Å². The van der Waals surface area contributed by atoms with E-state index in [1.807, 2.05) is 26.0 Å². The summed E-state index contributed by atoms with van der Waals surface area (Å²) in [5, 5.41) is 12.2. The lowest BCUT2D eigenvalue weighted by Gasteiger charge is -2.14. The van der Waals surface area contributed by atoms with Crippen LogP contribution in [0.3, 0.4) is 0 Å². The van der Waals surface area contributed by atoms with Gasteiger partial charge in [0.1, 0.15) is 17.4 Å². The Balaban J connectivity index is 2.28. The third-order valence-electron chi connectivity index (χ3n) is 3.81. The van der Waals surface area contributed by atoms with E-state index in [1.54, 1.807) is 37.4 Å². The molecule has 0 aliphatic heterocycles. The monoisotopic (exact) mass is 506 g/mol. The van der Waals surface area contributed by atoms with Gasteiger partial charge in [-0.1, -0.05) is 6.92 Å². The second-order valence-corrected chi connectivity index (χ2v) is 7.13. The Morgan fingerprint density at radius 3 is 2.52 bits per heavy atom. The fourth-order valence-electron chi connectivity index (χ4n) is 2.47. The van der Waals surface area contributed by atoms with Crippen molar-refractivity contribution in [3.63, 3.8) is 0 Å². The number of anilines is 1. The molecule has 0 aliphatic rings. The number of nitrogens with one attached hydrogen (secondary N) is 1. The van der Waals surface area contributed by atoms with Crippen LogP contribution in [0.1, 0.15) is 25.8 Å². The average Bonchev–Trinajstić information content (AvgIpc) is 2.72. The van der Waals surface area contributed by atoms with Crippen LogP contribution in [0, 0.1) is 14.9 Å². The summed E-state index contributed by atoms with van der Waals surface area (Å²) < 4.78 is 17.4. The van der Waals surface area contributed by atoms with Gasteiger partial charge < -0.3 is 19.5 Å². The Hall–Kier alpha value is -2.73. The van der Waals surface area contributed by atoms with Crippen LogP contribution >= 0.6 is 22.6 Å². The van der Waals surface area contributed by atoms with Crippen molar-refractivity contribution in [2.75, 3.05) is 25.6 Å². The van der Waals surface area contributed by atoms with E-state index in [0.717, 1.165) is 9.99 Å². The number of hydrogen-bond donors (Lipinski definition) is 1. The molecule has 152 valence electrons. The number of halogens is 1. The number of benzene rings is 2. The van der Waals surface area contributed by atoms with Gasteiger partial charge in [-0.15, -0.1) is 0 Å². The number of rotatable bonds is 9. The van der Waals surface area contributed by atoms with Crippen molar-refractivity contribution in [3.05, 3.63) is 51.1 Å². The Bertz CT molecular complexity index is 918. The maximum Gasteiger partial charge on any atom is 0.266 e. The van der Waals surface area contributed by atoms with Crippen molar-refractivity contribution in [2.45, 2.75) is 20.3 Å². The number of carbonyl (C=O) groups excluding carboxylic acids is 1. The zero-order valence-electron chi connectivity index (χ0n) is 16.6. The molecule has 2 aromatic carbocycles. The Labute approximate surface area is 184 Å².